The number of thiazole rings is 1. The third-order valence-corrected chi connectivity index (χ3v) is 7.46. The molecule has 3 aromatic heterocycles. The lowest BCUT2D eigenvalue weighted by atomic mass is 10.2. The van der Waals surface area contributed by atoms with Gasteiger partial charge >= 0.3 is 5.97 Å². The third-order valence-electron chi connectivity index (χ3n) is 3.77. The van der Waals surface area contributed by atoms with E-state index in [2.05, 4.69) is 14.7 Å². The van der Waals surface area contributed by atoms with Gasteiger partial charge in [0, 0.05) is 10.8 Å². The number of thiophene rings is 1. The zero-order valence-corrected chi connectivity index (χ0v) is 16.1. The molecular weight excluding hydrogens is 406 g/mol. The summed E-state index contributed by atoms with van der Waals surface area (Å²) in [6.45, 7) is 0. The van der Waals surface area contributed by atoms with Crippen LogP contribution in [0.15, 0.2) is 51.4 Å². The van der Waals surface area contributed by atoms with Crippen molar-refractivity contribution in [2.45, 2.75) is 10.6 Å². The molecule has 1 aromatic carbocycles. The number of rotatable bonds is 6. The molecule has 0 unspecified atom stereocenters. The van der Waals surface area contributed by atoms with E-state index < -0.39 is 16.0 Å². The van der Waals surface area contributed by atoms with Crippen molar-refractivity contribution in [3.05, 3.63) is 52.9 Å². The number of hydrogen-bond acceptors (Lipinski definition) is 6. The van der Waals surface area contributed by atoms with Crippen LogP contribution in [0.1, 0.15) is 5.69 Å². The number of para-hydroxylation sites is 1. The fourth-order valence-electron chi connectivity index (χ4n) is 2.63. The molecule has 0 aliphatic rings. The van der Waals surface area contributed by atoms with Crippen LogP contribution in [0, 0.1) is 0 Å². The molecule has 7 nitrogen and oxygen atoms in total. The highest BCUT2D eigenvalue weighted by Gasteiger charge is 2.18. The van der Waals surface area contributed by atoms with E-state index in [9.17, 15) is 13.2 Å². The number of sulfonamides is 1. The maximum atomic E-state index is 12.5. The van der Waals surface area contributed by atoms with Gasteiger partial charge in [0.1, 0.15) is 9.22 Å². The van der Waals surface area contributed by atoms with E-state index in [4.69, 9.17) is 5.11 Å². The molecule has 0 saturated heterocycles. The number of carbonyl (C=O) groups is 1. The van der Waals surface area contributed by atoms with Gasteiger partial charge in [-0.3, -0.25) is 9.52 Å². The summed E-state index contributed by atoms with van der Waals surface area (Å²) in [5.41, 5.74) is 2.27. The number of aromatic amines is 1. The van der Waals surface area contributed by atoms with E-state index in [1.54, 1.807) is 35.0 Å². The Labute approximate surface area is 162 Å². The summed E-state index contributed by atoms with van der Waals surface area (Å²) in [6, 6.07) is 10.4. The Hall–Kier alpha value is -2.69. The predicted molar refractivity (Wildman–Crippen MR) is 106 cm³/mol. The number of aliphatic carboxylic acids is 1. The largest absolute Gasteiger partial charge is 0.481 e. The lowest BCUT2D eigenvalue weighted by molar-refractivity contribution is -0.136. The lowest BCUT2D eigenvalue weighted by Crippen LogP contribution is -2.11. The molecule has 3 N–H and O–H groups in total. The summed E-state index contributed by atoms with van der Waals surface area (Å²) in [7, 11) is -3.66. The van der Waals surface area contributed by atoms with Crippen LogP contribution in [-0.4, -0.2) is 29.5 Å². The summed E-state index contributed by atoms with van der Waals surface area (Å²) >= 11 is 2.48. The minimum absolute atomic E-state index is 0.136. The summed E-state index contributed by atoms with van der Waals surface area (Å²) in [6.07, 6.45) is -0.136. The number of fused-ring (bicyclic) bond motifs is 1. The molecule has 0 atom stereocenters. The summed E-state index contributed by atoms with van der Waals surface area (Å²) < 4.78 is 27.9. The van der Waals surface area contributed by atoms with E-state index in [1.165, 1.54) is 11.3 Å². The number of benzene rings is 1. The highest BCUT2D eigenvalue weighted by molar-refractivity contribution is 7.94. The van der Waals surface area contributed by atoms with Crippen molar-refractivity contribution in [2.75, 3.05) is 4.72 Å². The first kappa shape index (κ1) is 17.7. The second kappa shape index (κ2) is 6.80. The highest BCUT2D eigenvalue weighted by Crippen LogP contribution is 2.32. The Balaban J connectivity index is 1.70. The lowest BCUT2D eigenvalue weighted by Gasteiger charge is -2.07. The van der Waals surface area contributed by atoms with E-state index in [0.717, 1.165) is 16.7 Å². The van der Waals surface area contributed by atoms with Gasteiger partial charge in [0.15, 0.2) is 0 Å². The fraction of sp³-hybridized carbons (Fsp3) is 0.0588. The molecule has 10 heteroatoms. The average molecular weight is 420 g/mol. The minimum atomic E-state index is -3.66. The van der Waals surface area contributed by atoms with Crippen LogP contribution in [0.25, 0.3) is 21.6 Å². The van der Waals surface area contributed by atoms with Gasteiger partial charge in [-0.15, -0.1) is 22.7 Å². The maximum Gasteiger partial charge on any atom is 0.309 e. The van der Waals surface area contributed by atoms with E-state index >= 15 is 0 Å². The van der Waals surface area contributed by atoms with Crippen molar-refractivity contribution >= 4 is 55.3 Å². The molecule has 0 amide bonds. The molecule has 4 rings (SSSR count). The SMILES string of the molecule is O=C(O)Cc1csc(-c2cc3cccc(NS(=O)(=O)c4cccs4)c3[nH]2)n1. The summed E-state index contributed by atoms with van der Waals surface area (Å²) in [5, 5.41) is 13.8. The van der Waals surface area contributed by atoms with Crippen LogP contribution >= 0.6 is 22.7 Å². The first-order valence-electron chi connectivity index (χ1n) is 7.77. The van der Waals surface area contributed by atoms with Gasteiger partial charge in [0.25, 0.3) is 10.0 Å². The van der Waals surface area contributed by atoms with Crippen molar-refractivity contribution in [2.24, 2.45) is 0 Å². The van der Waals surface area contributed by atoms with E-state index in [0.29, 0.717) is 27.6 Å². The number of carboxylic acids is 1. The summed E-state index contributed by atoms with van der Waals surface area (Å²) in [4.78, 5) is 18.3. The number of nitrogens with one attached hydrogen (secondary N) is 2. The number of H-pyrrole nitrogens is 1. The molecule has 0 saturated carbocycles. The zero-order chi connectivity index (χ0) is 19.0. The quantitative estimate of drug-likeness (QED) is 0.440. The smallest absolute Gasteiger partial charge is 0.309 e. The van der Waals surface area contributed by atoms with Crippen LogP contribution in [-0.2, 0) is 21.2 Å². The second-order valence-electron chi connectivity index (χ2n) is 5.70. The fourth-order valence-corrected chi connectivity index (χ4v) is 5.49. The van der Waals surface area contributed by atoms with Crippen molar-refractivity contribution in [3.63, 3.8) is 0 Å². The highest BCUT2D eigenvalue weighted by atomic mass is 32.2. The number of hydrogen-bond donors (Lipinski definition) is 3. The molecule has 4 aromatic rings. The van der Waals surface area contributed by atoms with E-state index in [-0.39, 0.29) is 10.6 Å². The van der Waals surface area contributed by atoms with Gasteiger partial charge in [-0.2, -0.15) is 0 Å². The Morgan fingerprint density at radius 3 is 2.81 bits per heavy atom. The van der Waals surface area contributed by atoms with Crippen molar-refractivity contribution in [1.29, 1.82) is 0 Å². The van der Waals surface area contributed by atoms with Gasteiger partial charge in [-0.25, -0.2) is 13.4 Å². The molecule has 0 spiro atoms. The Morgan fingerprint density at radius 1 is 1.22 bits per heavy atom. The third kappa shape index (κ3) is 3.59. The van der Waals surface area contributed by atoms with Crippen LogP contribution in [0.3, 0.4) is 0 Å². The van der Waals surface area contributed by atoms with Crippen LogP contribution < -0.4 is 4.72 Å². The van der Waals surface area contributed by atoms with Crippen molar-refractivity contribution in [1.82, 2.24) is 9.97 Å². The number of aromatic nitrogens is 2. The molecule has 0 aliphatic heterocycles. The number of anilines is 1. The molecule has 0 radical (unpaired) electrons. The van der Waals surface area contributed by atoms with Crippen LogP contribution in [0.4, 0.5) is 5.69 Å². The number of nitrogens with zero attached hydrogens (tertiary/aromatic N) is 1. The van der Waals surface area contributed by atoms with Gasteiger partial charge in [0.05, 0.1) is 29.0 Å². The molecule has 27 heavy (non-hydrogen) atoms. The first-order valence-corrected chi connectivity index (χ1v) is 11.0. The zero-order valence-electron chi connectivity index (χ0n) is 13.7. The maximum absolute atomic E-state index is 12.5. The van der Waals surface area contributed by atoms with Crippen molar-refractivity contribution < 1.29 is 18.3 Å². The molecule has 0 fully saturated rings. The van der Waals surface area contributed by atoms with Crippen LogP contribution in [0.5, 0.6) is 0 Å². The molecule has 138 valence electrons. The molecule has 3 heterocycles. The Bertz CT molecular complexity index is 1220. The van der Waals surface area contributed by atoms with E-state index in [1.807, 2.05) is 12.1 Å². The monoisotopic (exact) mass is 419 g/mol. The van der Waals surface area contributed by atoms with Gasteiger partial charge < -0.3 is 10.1 Å². The minimum Gasteiger partial charge on any atom is -0.481 e. The number of carboxylic acid groups (broad SMARTS) is 1. The van der Waals surface area contributed by atoms with Gasteiger partial charge in [0.2, 0.25) is 0 Å². The predicted octanol–water partition coefficient (Wildman–Crippen LogP) is 3.78. The van der Waals surface area contributed by atoms with Gasteiger partial charge in [-0.1, -0.05) is 18.2 Å². The van der Waals surface area contributed by atoms with Crippen molar-refractivity contribution in [3.8, 4) is 10.7 Å². The van der Waals surface area contributed by atoms with Gasteiger partial charge in [-0.05, 0) is 23.6 Å². The second-order valence-corrected chi connectivity index (χ2v) is 9.42. The van der Waals surface area contributed by atoms with Crippen LogP contribution in [0.2, 0.25) is 0 Å². The molecule has 0 aliphatic carbocycles. The molecular formula is C17H13N3O4S3. The standard InChI is InChI=1S/C17H13N3O4S3/c21-14(22)8-11-9-26-17(18-11)13-7-10-3-1-4-12(16(10)19-13)20-27(23,24)15-5-2-6-25-15/h1-7,9,19-20H,8H2,(H,21,22). The average Bonchev–Trinajstić information content (AvgIpc) is 3.34. The first-order chi connectivity index (χ1) is 12.9. The summed E-state index contributed by atoms with van der Waals surface area (Å²) in [5.74, 6) is -0.936. The normalized spacial score (nSPS) is 11.7. The Morgan fingerprint density at radius 2 is 2.07 bits per heavy atom. The topological polar surface area (TPSA) is 112 Å². The Kier molecular flexibility index (Phi) is 4.46. The molecule has 0 bridgehead atoms.